The standard InChI is InChI=1S/C22H25NO4/c1-3-4-5-15-6-9-18(10-7-15)23-14-17(13-21(23)24)16-8-11-19(22(25)26)20(12-16)27-2/h6-12,17H,3-5,13-14H2,1-2H3,(H,25,26). The van der Waals surface area contributed by atoms with Gasteiger partial charge in [0.1, 0.15) is 11.3 Å². The maximum atomic E-state index is 12.5. The first-order valence-electron chi connectivity index (χ1n) is 9.34. The minimum Gasteiger partial charge on any atom is -0.496 e. The minimum atomic E-state index is -1.02. The zero-order valence-corrected chi connectivity index (χ0v) is 15.8. The molecule has 1 saturated heterocycles. The first-order chi connectivity index (χ1) is 13.0. The summed E-state index contributed by atoms with van der Waals surface area (Å²) in [4.78, 5) is 25.6. The number of hydrogen-bond donors (Lipinski definition) is 1. The quantitative estimate of drug-likeness (QED) is 0.794. The third-order valence-electron chi connectivity index (χ3n) is 5.12. The maximum Gasteiger partial charge on any atom is 0.339 e. The molecule has 5 heteroatoms. The SMILES string of the molecule is CCCCc1ccc(N2CC(c3ccc(C(=O)O)c(OC)c3)CC2=O)cc1. The van der Waals surface area contributed by atoms with Crippen molar-refractivity contribution in [3.8, 4) is 5.75 Å². The molecule has 27 heavy (non-hydrogen) atoms. The number of carbonyl (C=O) groups is 2. The number of aromatic carboxylic acids is 1. The maximum absolute atomic E-state index is 12.5. The highest BCUT2D eigenvalue weighted by molar-refractivity contribution is 5.96. The number of methoxy groups -OCH3 is 1. The van der Waals surface area contributed by atoms with Gasteiger partial charge in [-0.05, 0) is 48.2 Å². The summed E-state index contributed by atoms with van der Waals surface area (Å²) in [6.45, 7) is 2.76. The van der Waals surface area contributed by atoms with Gasteiger partial charge in [0.05, 0.1) is 7.11 Å². The molecule has 2 aromatic carbocycles. The van der Waals surface area contributed by atoms with Gasteiger partial charge in [0.2, 0.25) is 5.91 Å². The van der Waals surface area contributed by atoms with Gasteiger partial charge < -0.3 is 14.7 Å². The van der Waals surface area contributed by atoms with Gasteiger partial charge >= 0.3 is 5.97 Å². The molecular formula is C22H25NO4. The molecule has 0 aromatic heterocycles. The van der Waals surface area contributed by atoms with E-state index in [1.165, 1.54) is 12.7 Å². The zero-order chi connectivity index (χ0) is 19.4. The largest absolute Gasteiger partial charge is 0.496 e. The van der Waals surface area contributed by atoms with Crippen molar-refractivity contribution in [2.24, 2.45) is 0 Å². The molecule has 142 valence electrons. The summed E-state index contributed by atoms with van der Waals surface area (Å²) in [5.74, 6) is -0.589. The average Bonchev–Trinajstić information content (AvgIpc) is 3.07. The van der Waals surface area contributed by atoms with Crippen molar-refractivity contribution in [1.82, 2.24) is 0 Å². The van der Waals surface area contributed by atoms with E-state index in [4.69, 9.17) is 4.74 Å². The fourth-order valence-corrected chi connectivity index (χ4v) is 3.54. The van der Waals surface area contributed by atoms with Crippen LogP contribution in [-0.2, 0) is 11.2 Å². The van der Waals surface area contributed by atoms with Crippen LogP contribution in [0.2, 0.25) is 0 Å². The number of anilines is 1. The summed E-state index contributed by atoms with van der Waals surface area (Å²) in [7, 11) is 1.46. The monoisotopic (exact) mass is 367 g/mol. The number of unbranched alkanes of at least 4 members (excludes halogenated alkanes) is 1. The molecule has 1 unspecified atom stereocenters. The number of nitrogens with zero attached hydrogens (tertiary/aromatic N) is 1. The van der Waals surface area contributed by atoms with E-state index in [0.717, 1.165) is 30.5 Å². The van der Waals surface area contributed by atoms with E-state index in [1.807, 2.05) is 17.0 Å². The van der Waals surface area contributed by atoms with Gasteiger partial charge in [-0.15, -0.1) is 0 Å². The number of ether oxygens (including phenoxy) is 1. The molecule has 0 saturated carbocycles. The van der Waals surface area contributed by atoms with Gasteiger partial charge in [0.25, 0.3) is 0 Å². The van der Waals surface area contributed by atoms with Crippen molar-refractivity contribution in [1.29, 1.82) is 0 Å². The molecule has 1 N–H and O–H groups in total. The fourth-order valence-electron chi connectivity index (χ4n) is 3.54. The van der Waals surface area contributed by atoms with Crippen molar-refractivity contribution in [2.75, 3.05) is 18.6 Å². The Balaban J connectivity index is 1.76. The molecule has 3 rings (SSSR count). The predicted molar refractivity (Wildman–Crippen MR) is 105 cm³/mol. The molecule has 0 radical (unpaired) electrons. The summed E-state index contributed by atoms with van der Waals surface area (Å²) in [5.41, 5.74) is 3.26. The number of carbonyl (C=O) groups excluding carboxylic acids is 1. The molecule has 1 fully saturated rings. The van der Waals surface area contributed by atoms with E-state index in [0.29, 0.717) is 18.7 Å². The summed E-state index contributed by atoms with van der Waals surface area (Å²) in [6, 6.07) is 13.3. The summed E-state index contributed by atoms with van der Waals surface area (Å²) in [5, 5.41) is 9.22. The first kappa shape index (κ1) is 19.0. The highest BCUT2D eigenvalue weighted by Gasteiger charge is 2.32. The van der Waals surface area contributed by atoms with Crippen LogP contribution < -0.4 is 9.64 Å². The Bertz CT molecular complexity index is 829. The van der Waals surface area contributed by atoms with Crippen molar-refractivity contribution in [2.45, 2.75) is 38.5 Å². The highest BCUT2D eigenvalue weighted by atomic mass is 16.5. The molecule has 1 atom stereocenters. The van der Waals surface area contributed by atoms with E-state index in [-0.39, 0.29) is 17.4 Å². The lowest BCUT2D eigenvalue weighted by Gasteiger charge is -2.18. The molecular weight excluding hydrogens is 342 g/mol. The van der Waals surface area contributed by atoms with Crippen LogP contribution in [0.3, 0.4) is 0 Å². The molecule has 0 spiro atoms. The molecule has 1 amide bonds. The van der Waals surface area contributed by atoms with Gasteiger partial charge in [-0.2, -0.15) is 0 Å². The predicted octanol–water partition coefficient (Wildman–Crippen LogP) is 4.26. The summed E-state index contributed by atoms with van der Waals surface area (Å²) >= 11 is 0. The van der Waals surface area contributed by atoms with Crippen molar-refractivity contribution in [3.63, 3.8) is 0 Å². The van der Waals surface area contributed by atoms with Crippen LogP contribution in [0.1, 0.15) is 53.6 Å². The van der Waals surface area contributed by atoms with Crippen LogP contribution >= 0.6 is 0 Å². The van der Waals surface area contributed by atoms with Crippen molar-refractivity contribution < 1.29 is 19.4 Å². The molecule has 1 heterocycles. The Labute approximate surface area is 159 Å². The van der Waals surface area contributed by atoms with Crippen LogP contribution in [0.15, 0.2) is 42.5 Å². The van der Waals surface area contributed by atoms with Crippen molar-refractivity contribution >= 4 is 17.6 Å². The minimum absolute atomic E-state index is 0.0222. The zero-order valence-electron chi connectivity index (χ0n) is 15.8. The second-order valence-electron chi connectivity index (χ2n) is 6.94. The molecule has 5 nitrogen and oxygen atoms in total. The number of carboxylic acid groups (broad SMARTS) is 1. The second-order valence-corrected chi connectivity index (χ2v) is 6.94. The first-order valence-corrected chi connectivity index (χ1v) is 9.34. The van der Waals surface area contributed by atoms with Crippen LogP contribution in [-0.4, -0.2) is 30.6 Å². The topological polar surface area (TPSA) is 66.8 Å². The lowest BCUT2D eigenvalue weighted by molar-refractivity contribution is -0.117. The molecule has 0 bridgehead atoms. The smallest absolute Gasteiger partial charge is 0.339 e. The third-order valence-corrected chi connectivity index (χ3v) is 5.12. The number of amides is 1. The lowest BCUT2D eigenvalue weighted by atomic mass is 9.96. The molecule has 0 aliphatic carbocycles. The third kappa shape index (κ3) is 4.13. The number of benzene rings is 2. The van der Waals surface area contributed by atoms with Gasteiger partial charge in [0, 0.05) is 24.6 Å². The Kier molecular flexibility index (Phi) is 5.79. The second kappa shape index (κ2) is 8.25. The Morgan fingerprint density at radius 3 is 2.59 bits per heavy atom. The number of hydrogen-bond acceptors (Lipinski definition) is 3. The van der Waals surface area contributed by atoms with E-state index in [9.17, 15) is 14.7 Å². The number of aryl methyl sites for hydroxylation is 1. The van der Waals surface area contributed by atoms with Crippen LogP contribution in [0.5, 0.6) is 5.75 Å². The van der Waals surface area contributed by atoms with Crippen LogP contribution in [0.4, 0.5) is 5.69 Å². The van der Waals surface area contributed by atoms with Gasteiger partial charge in [0.15, 0.2) is 0 Å². The van der Waals surface area contributed by atoms with Gasteiger partial charge in [-0.3, -0.25) is 4.79 Å². The molecule has 1 aliphatic heterocycles. The van der Waals surface area contributed by atoms with E-state index in [2.05, 4.69) is 19.1 Å². The van der Waals surface area contributed by atoms with Crippen molar-refractivity contribution in [3.05, 3.63) is 59.2 Å². The molecule has 1 aliphatic rings. The fraction of sp³-hybridized carbons (Fsp3) is 0.364. The average molecular weight is 367 g/mol. The summed E-state index contributed by atoms with van der Waals surface area (Å²) in [6.07, 6.45) is 3.80. The van der Waals surface area contributed by atoms with Gasteiger partial charge in [-0.25, -0.2) is 4.79 Å². The number of rotatable bonds is 7. The lowest BCUT2D eigenvalue weighted by Crippen LogP contribution is -2.24. The van der Waals surface area contributed by atoms with Gasteiger partial charge in [-0.1, -0.05) is 31.5 Å². The van der Waals surface area contributed by atoms with E-state index >= 15 is 0 Å². The van der Waals surface area contributed by atoms with Crippen LogP contribution in [0, 0.1) is 0 Å². The Hall–Kier alpha value is -2.82. The summed E-state index contributed by atoms with van der Waals surface area (Å²) < 4.78 is 5.21. The van der Waals surface area contributed by atoms with Crippen LogP contribution in [0.25, 0.3) is 0 Å². The molecule has 2 aromatic rings. The highest BCUT2D eigenvalue weighted by Crippen LogP contribution is 2.34. The van der Waals surface area contributed by atoms with E-state index in [1.54, 1.807) is 18.2 Å². The number of carboxylic acids is 1. The Morgan fingerprint density at radius 2 is 1.96 bits per heavy atom. The van der Waals surface area contributed by atoms with E-state index < -0.39 is 5.97 Å². The Morgan fingerprint density at radius 1 is 1.22 bits per heavy atom. The normalized spacial score (nSPS) is 16.6.